The summed E-state index contributed by atoms with van der Waals surface area (Å²) in [5, 5.41) is 2.65. The lowest BCUT2D eigenvalue weighted by atomic mass is 9.86. The second-order valence-electron chi connectivity index (χ2n) is 7.88. The molecular formula is C22H22F3N7O. The minimum Gasteiger partial charge on any atom is -0.397 e. The zero-order chi connectivity index (χ0) is 23.6. The molecule has 0 radical (unpaired) electrons. The van der Waals surface area contributed by atoms with Crippen molar-refractivity contribution in [2.45, 2.75) is 44.2 Å². The van der Waals surface area contributed by atoms with Crippen LogP contribution < -0.4 is 16.8 Å². The predicted octanol–water partition coefficient (Wildman–Crippen LogP) is 4.42. The Balaban J connectivity index is 1.65. The smallest absolute Gasteiger partial charge is 0.397 e. The summed E-state index contributed by atoms with van der Waals surface area (Å²) in [6.45, 7) is 0. The first-order chi connectivity index (χ1) is 15.7. The number of nitrogens with one attached hydrogen (secondary N) is 1. The fourth-order valence-corrected chi connectivity index (χ4v) is 3.92. The molecule has 5 N–H and O–H groups in total. The molecule has 1 saturated carbocycles. The third-order valence-corrected chi connectivity index (χ3v) is 5.53. The van der Waals surface area contributed by atoms with E-state index in [2.05, 4.69) is 25.3 Å². The number of carbonyl (C=O) groups excluding carboxylic acids is 1. The molecule has 0 aliphatic heterocycles. The number of rotatable bonds is 4. The monoisotopic (exact) mass is 457 g/mol. The van der Waals surface area contributed by atoms with Crippen LogP contribution in [0.15, 0.2) is 36.7 Å². The lowest BCUT2D eigenvalue weighted by Gasteiger charge is -2.21. The summed E-state index contributed by atoms with van der Waals surface area (Å²) >= 11 is 0. The fraction of sp³-hybridized carbons (Fsp3) is 0.318. The quantitative estimate of drug-likeness (QED) is 0.528. The minimum absolute atomic E-state index is 0.0473. The Morgan fingerprint density at radius 1 is 1.03 bits per heavy atom. The van der Waals surface area contributed by atoms with E-state index in [0.29, 0.717) is 0 Å². The molecule has 0 bridgehead atoms. The molecule has 4 rings (SSSR count). The van der Waals surface area contributed by atoms with Crippen molar-refractivity contribution in [2.24, 2.45) is 0 Å². The number of carbonyl (C=O) groups is 1. The first kappa shape index (κ1) is 22.4. The van der Waals surface area contributed by atoms with E-state index in [4.69, 9.17) is 11.5 Å². The minimum atomic E-state index is -4.78. The Hall–Kier alpha value is -3.76. The third-order valence-electron chi connectivity index (χ3n) is 5.53. The largest absolute Gasteiger partial charge is 0.451 e. The summed E-state index contributed by atoms with van der Waals surface area (Å²) in [6, 6.07) is 6.10. The van der Waals surface area contributed by atoms with Gasteiger partial charge in [0.2, 0.25) is 5.82 Å². The number of pyridine rings is 2. The predicted molar refractivity (Wildman–Crippen MR) is 117 cm³/mol. The van der Waals surface area contributed by atoms with Gasteiger partial charge < -0.3 is 16.8 Å². The maximum Gasteiger partial charge on any atom is 0.451 e. The number of nitrogens with two attached hydrogens (primary N) is 2. The van der Waals surface area contributed by atoms with Gasteiger partial charge in [-0.25, -0.2) is 15.0 Å². The summed E-state index contributed by atoms with van der Waals surface area (Å²) < 4.78 is 39.4. The maximum atomic E-state index is 13.1. The molecule has 1 aliphatic carbocycles. The van der Waals surface area contributed by atoms with Crippen molar-refractivity contribution in [1.82, 2.24) is 19.9 Å². The van der Waals surface area contributed by atoms with E-state index in [0.717, 1.165) is 31.4 Å². The second-order valence-corrected chi connectivity index (χ2v) is 7.88. The van der Waals surface area contributed by atoms with Gasteiger partial charge in [0, 0.05) is 29.4 Å². The maximum absolute atomic E-state index is 13.1. The van der Waals surface area contributed by atoms with Crippen molar-refractivity contribution in [3.63, 3.8) is 0 Å². The molecule has 1 fully saturated rings. The van der Waals surface area contributed by atoms with Crippen molar-refractivity contribution in [3.05, 3.63) is 53.9 Å². The van der Waals surface area contributed by atoms with Gasteiger partial charge in [-0.1, -0.05) is 19.3 Å². The summed E-state index contributed by atoms with van der Waals surface area (Å²) in [6.07, 6.45) is 3.30. The summed E-state index contributed by atoms with van der Waals surface area (Å²) in [5.74, 6) is -2.06. The zero-order valence-electron chi connectivity index (χ0n) is 17.6. The standard InChI is InChI=1S/C22H22F3N7O/c23-22(24,25)21-31-16(10-18(27)32-21)13-8-9-28-11-17(13)30-20(33)19-14(26)6-7-15(29-19)12-4-2-1-3-5-12/h6-12H,1-5,26H2,(H,30,33)(H2,27,31,32). The van der Waals surface area contributed by atoms with E-state index in [1.165, 1.54) is 30.9 Å². The molecular weight excluding hydrogens is 435 g/mol. The number of hydrogen-bond donors (Lipinski definition) is 3. The van der Waals surface area contributed by atoms with Crippen molar-refractivity contribution < 1.29 is 18.0 Å². The number of nitrogens with zero attached hydrogens (tertiary/aromatic N) is 4. The highest BCUT2D eigenvalue weighted by Gasteiger charge is 2.35. The Morgan fingerprint density at radius 3 is 2.52 bits per heavy atom. The van der Waals surface area contributed by atoms with Crippen LogP contribution in [0, 0.1) is 0 Å². The van der Waals surface area contributed by atoms with Crippen molar-refractivity contribution in [3.8, 4) is 11.3 Å². The average molecular weight is 457 g/mol. The first-order valence-corrected chi connectivity index (χ1v) is 10.5. The highest BCUT2D eigenvalue weighted by Crippen LogP contribution is 2.34. The molecule has 0 saturated heterocycles. The lowest BCUT2D eigenvalue weighted by Crippen LogP contribution is -2.19. The molecule has 3 heterocycles. The van der Waals surface area contributed by atoms with Gasteiger partial charge in [-0.2, -0.15) is 13.2 Å². The molecule has 8 nitrogen and oxygen atoms in total. The number of hydrogen-bond acceptors (Lipinski definition) is 7. The fourth-order valence-electron chi connectivity index (χ4n) is 3.92. The summed E-state index contributed by atoms with van der Waals surface area (Å²) in [7, 11) is 0. The molecule has 33 heavy (non-hydrogen) atoms. The molecule has 0 unspecified atom stereocenters. The Labute approximate surface area is 187 Å². The van der Waals surface area contributed by atoms with Gasteiger partial charge >= 0.3 is 6.18 Å². The Bertz CT molecular complexity index is 1180. The van der Waals surface area contributed by atoms with Crippen LogP contribution in [0.5, 0.6) is 0 Å². The van der Waals surface area contributed by atoms with Gasteiger partial charge in [-0.15, -0.1) is 0 Å². The van der Waals surface area contributed by atoms with Gasteiger partial charge in [0.15, 0.2) is 5.69 Å². The van der Waals surface area contributed by atoms with Gasteiger partial charge in [-0.05, 0) is 31.0 Å². The van der Waals surface area contributed by atoms with Gasteiger partial charge in [0.25, 0.3) is 5.91 Å². The molecule has 0 aromatic carbocycles. The first-order valence-electron chi connectivity index (χ1n) is 10.5. The molecule has 172 valence electrons. The molecule has 3 aromatic rings. The Kier molecular flexibility index (Phi) is 6.12. The number of nitrogen functional groups attached to an aromatic ring is 2. The SMILES string of the molecule is Nc1cc(-c2ccncc2NC(=O)c2nc(C3CCCCC3)ccc2N)nc(C(F)(F)F)n1. The van der Waals surface area contributed by atoms with Crippen LogP contribution in [0.1, 0.15) is 60.0 Å². The average Bonchev–Trinajstić information content (AvgIpc) is 2.79. The van der Waals surface area contributed by atoms with Crippen LogP contribution in [0.25, 0.3) is 11.3 Å². The number of anilines is 3. The van der Waals surface area contributed by atoms with Gasteiger partial charge in [-0.3, -0.25) is 9.78 Å². The number of amides is 1. The highest BCUT2D eigenvalue weighted by atomic mass is 19.4. The number of aromatic nitrogens is 4. The van der Waals surface area contributed by atoms with Crippen molar-refractivity contribution in [2.75, 3.05) is 16.8 Å². The normalized spacial score (nSPS) is 14.8. The van der Waals surface area contributed by atoms with Crippen molar-refractivity contribution in [1.29, 1.82) is 0 Å². The van der Waals surface area contributed by atoms with Crippen LogP contribution in [0.4, 0.5) is 30.4 Å². The Morgan fingerprint density at radius 2 is 1.79 bits per heavy atom. The van der Waals surface area contributed by atoms with Gasteiger partial charge in [0.1, 0.15) is 5.82 Å². The molecule has 3 aromatic heterocycles. The van der Waals surface area contributed by atoms with Crippen LogP contribution in [0.2, 0.25) is 0 Å². The van der Waals surface area contributed by atoms with E-state index in [9.17, 15) is 18.0 Å². The van der Waals surface area contributed by atoms with Crippen LogP contribution in [-0.4, -0.2) is 25.8 Å². The highest BCUT2D eigenvalue weighted by molar-refractivity contribution is 6.07. The van der Waals surface area contributed by atoms with E-state index in [1.807, 2.05) is 6.07 Å². The van der Waals surface area contributed by atoms with E-state index >= 15 is 0 Å². The topological polar surface area (TPSA) is 133 Å². The molecule has 1 amide bonds. The van der Waals surface area contributed by atoms with E-state index in [1.54, 1.807) is 6.07 Å². The summed E-state index contributed by atoms with van der Waals surface area (Å²) in [5.41, 5.74) is 12.8. The number of halogens is 3. The molecule has 1 aliphatic rings. The number of alkyl halides is 3. The van der Waals surface area contributed by atoms with E-state index < -0.39 is 17.9 Å². The van der Waals surface area contributed by atoms with Crippen LogP contribution in [-0.2, 0) is 6.18 Å². The third kappa shape index (κ3) is 5.02. The summed E-state index contributed by atoms with van der Waals surface area (Å²) in [4.78, 5) is 28.3. The van der Waals surface area contributed by atoms with Crippen LogP contribution >= 0.6 is 0 Å². The van der Waals surface area contributed by atoms with Crippen molar-refractivity contribution >= 4 is 23.1 Å². The molecule has 0 spiro atoms. The lowest BCUT2D eigenvalue weighted by molar-refractivity contribution is -0.144. The molecule has 11 heteroatoms. The van der Waals surface area contributed by atoms with Gasteiger partial charge in [0.05, 0.1) is 23.3 Å². The van der Waals surface area contributed by atoms with Crippen LogP contribution in [0.3, 0.4) is 0 Å². The van der Waals surface area contributed by atoms with E-state index in [-0.39, 0.29) is 40.1 Å². The zero-order valence-corrected chi connectivity index (χ0v) is 17.6. The second kappa shape index (κ2) is 9.00. The molecule has 0 atom stereocenters.